The first-order valence-corrected chi connectivity index (χ1v) is 11.5. The molecule has 0 saturated heterocycles. The predicted octanol–water partition coefficient (Wildman–Crippen LogP) is 4.72. The Morgan fingerprint density at radius 3 is 1.97 bits per heavy atom. The van der Waals surface area contributed by atoms with Crippen molar-refractivity contribution in [3.63, 3.8) is 0 Å². The number of rotatable bonds is 15. The summed E-state index contributed by atoms with van der Waals surface area (Å²) in [6, 6.07) is 17.7. The van der Waals surface area contributed by atoms with Gasteiger partial charge in [0.1, 0.15) is 25.8 Å². The summed E-state index contributed by atoms with van der Waals surface area (Å²) in [6.45, 7) is 0.0553. The van der Waals surface area contributed by atoms with Crippen LogP contribution in [0.4, 0.5) is 0 Å². The molecule has 0 heterocycles. The summed E-state index contributed by atoms with van der Waals surface area (Å²) in [5.41, 5.74) is 1.22. The van der Waals surface area contributed by atoms with Crippen LogP contribution in [0.15, 0.2) is 60.7 Å². The molecule has 0 radical (unpaired) electrons. The zero-order chi connectivity index (χ0) is 26.6. The van der Waals surface area contributed by atoms with Crippen molar-refractivity contribution in [3.8, 4) is 34.5 Å². The van der Waals surface area contributed by atoms with Gasteiger partial charge in [0, 0.05) is 12.7 Å². The maximum atomic E-state index is 11.2. The minimum atomic E-state index is -0.681. The molecule has 0 spiro atoms. The van der Waals surface area contributed by atoms with E-state index in [1.165, 1.54) is 14.2 Å². The van der Waals surface area contributed by atoms with Gasteiger partial charge < -0.3 is 37.9 Å². The molecule has 0 amide bonds. The highest BCUT2D eigenvalue weighted by molar-refractivity contribution is 5.76. The zero-order valence-corrected chi connectivity index (χ0v) is 21.6. The zero-order valence-electron chi connectivity index (χ0n) is 21.6. The Bertz CT molecular complexity index is 1150. The summed E-state index contributed by atoms with van der Waals surface area (Å²) >= 11 is 0. The van der Waals surface area contributed by atoms with Gasteiger partial charge in [-0.2, -0.15) is 0 Å². The van der Waals surface area contributed by atoms with Crippen LogP contribution in [0.1, 0.15) is 22.0 Å². The van der Waals surface area contributed by atoms with E-state index < -0.39 is 12.2 Å². The molecule has 2 atom stereocenters. The first-order chi connectivity index (χ1) is 18.1. The minimum Gasteiger partial charge on any atom is -0.493 e. The topological polar surface area (TPSA) is 90.9 Å². The molecule has 198 valence electrons. The van der Waals surface area contributed by atoms with Crippen molar-refractivity contribution in [3.05, 3.63) is 71.8 Å². The van der Waals surface area contributed by atoms with Crippen molar-refractivity contribution in [1.29, 1.82) is 0 Å². The molecule has 0 saturated carbocycles. The molecule has 2 unspecified atom stereocenters. The molecule has 0 aliphatic rings. The van der Waals surface area contributed by atoms with Crippen LogP contribution in [0.2, 0.25) is 0 Å². The van der Waals surface area contributed by atoms with E-state index in [2.05, 4.69) is 0 Å². The molecule has 3 rings (SSSR count). The SMILES string of the molecule is COCOC(c1ccc(OC)c(OC)c1)C(COc1ccc(C=O)cc1OC)Oc1ccccc1OC. The van der Waals surface area contributed by atoms with Gasteiger partial charge in [0.05, 0.1) is 28.4 Å². The van der Waals surface area contributed by atoms with E-state index in [4.69, 9.17) is 37.9 Å². The van der Waals surface area contributed by atoms with Gasteiger partial charge in [-0.15, -0.1) is 0 Å². The number of aldehydes is 1. The van der Waals surface area contributed by atoms with E-state index in [0.717, 1.165) is 11.8 Å². The lowest BCUT2D eigenvalue weighted by atomic mass is 10.0. The molecule has 37 heavy (non-hydrogen) atoms. The molecule has 0 aliphatic heterocycles. The smallest absolute Gasteiger partial charge is 0.163 e. The van der Waals surface area contributed by atoms with Crippen LogP contribution in [0.5, 0.6) is 34.5 Å². The lowest BCUT2D eigenvalue weighted by Gasteiger charge is -2.29. The van der Waals surface area contributed by atoms with Crippen molar-refractivity contribution >= 4 is 6.29 Å². The normalized spacial score (nSPS) is 12.2. The number of benzene rings is 3. The molecule has 9 heteroatoms. The average molecular weight is 513 g/mol. The third-order valence-corrected chi connectivity index (χ3v) is 5.51. The van der Waals surface area contributed by atoms with Crippen molar-refractivity contribution in [2.75, 3.05) is 48.9 Å². The molecule has 3 aromatic rings. The number of hydrogen-bond donors (Lipinski definition) is 0. The van der Waals surface area contributed by atoms with E-state index in [1.807, 2.05) is 24.3 Å². The lowest BCUT2D eigenvalue weighted by Crippen LogP contribution is -2.34. The number of carbonyl (C=O) groups is 1. The van der Waals surface area contributed by atoms with Crippen molar-refractivity contribution < 1.29 is 42.7 Å². The second-order valence-electron chi connectivity index (χ2n) is 7.75. The van der Waals surface area contributed by atoms with Crippen molar-refractivity contribution in [2.24, 2.45) is 0 Å². The molecule has 9 nitrogen and oxygen atoms in total. The van der Waals surface area contributed by atoms with Gasteiger partial charge in [-0.05, 0) is 48.0 Å². The first-order valence-electron chi connectivity index (χ1n) is 11.5. The fraction of sp³-hybridized carbons (Fsp3) is 0.321. The van der Waals surface area contributed by atoms with Crippen LogP contribution in [0.25, 0.3) is 0 Å². The van der Waals surface area contributed by atoms with Gasteiger partial charge in [-0.25, -0.2) is 0 Å². The van der Waals surface area contributed by atoms with E-state index in [-0.39, 0.29) is 13.4 Å². The summed E-state index contributed by atoms with van der Waals surface area (Å²) in [5, 5.41) is 0. The maximum Gasteiger partial charge on any atom is 0.163 e. The monoisotopic (exact) mass is 512 g/mol. The van der Waals surface area contributed by atoms with Gasteiger partial charge >= 0.3 is 0 Å². The molecule has 0 aliphatic carbocycles. The maximum absolute atomic E-state index is 11.2. The van der Waals surface area contributed by atoms with E-state index in [9.17, 15) is 4.79 Å². The molecule has 0 aromatic heterocycles. The molecule has 0 fully saturated rings. The molecular weight excluding hydrogens is 480 g/mol. The fourth-order valence-corrected chi connectivity index (χ4v) is 3.70. The molecule has 0 bridgehead atoms. The number of carbonyl (C=O) groups excluding carboxylic acids is 1. The lowest BCUT2D eigenvalue weighted by molar-refractivity contribution is -0.115. The third-order valence-electron chi connectivity index (χ3n) is 5.51. The second kappa shape index (κ2) is 14.0. The number of para-hydroxylation sites is 2. The number of methoxy groups -OCH3 is 5. The number of ether oxygens (including phenoxy) is 8. The van der Waals surface area contributed by atoms with Crippen LogP contribution in [0, 0.1) is 0 Å². The Kier molecular flexibility index (Phi) is 10.4. The van der Waals surface area contributed by atoms with Crippen LogP contribution in [-0.4, -0.2) is 61.3 Å². The minimum absolute atomic E-state index is 0.00213. The Labute approximate surface area is 216 Å². The Morgan fingerprint density at radius 1 is 0.703 bits per heavy atom. The van der Waals surface area contributed by atoms with Crippen LogP contribution < -0.4 is 28.4 Å². The van der Waals surface area contributed by atoms with Gasteiger partial charge in [-0.3, -0.25) is 4.79 Å². The first kappa shape index (κ1) is 27.6. The Balaban J connectivity index is 2.01. The summed E-state index contributed by atoms with van der Waals surface area (Å²) in [4.78, 5) is 11.2. The van der Waals surface area contributed by atoms with Gasteiger partial charge in [0.15, 0.2) is 40.6 Å². The molecular formula is C28H32O9. The van der Waals surface area contributed by atoms with Gasteiger partial charge in [0.25, 0.3) is 0 Å². The fourth-order valence-electron chi connectivity index (χ4n) is 3.70. The third kappa shape index (κ3) is 7.05. The van der Waals surface area contributed by atoms with Gasteiger partial charge in [0.2, 0.25) is 0 Å². The summed E-state index contributed by atoms with van der Waals surface area (Å²) in [6.07, 6.45) is -0.587. The van der Waals surface area contributed by atoms with Gasteiger partial charge in [-0.1, -0.05) is 18.2 Å². The average Bonchev–Trinajstić information content (AvgIpc) is 2.95. The Morgan fingerprint density at radius 2 is 1.32 bits per heavy atom. The van der Waals surface area contributed by atoms with Crippen LogP contribution in [0.3, 0.4) is 0 Å². The van der Waals surface area contributed by atoms with E-state index in [1.54, 1.807) is 57.7 Å². The van der Waals surface area contributed by atoms with Crippen LogP contribution >= 0.6 is 0 Å². The highest BCUT2D eigenvalue weighted by Gasteiger charge is 2.29. The second-order valence-corrected chi connectivity index (χ2v) is 7.75. The van der Waals surface area contributed by atoms with Crippen molar-refractivity contribution in [1.82, 2.24) is 0 Å². The summed E-state index contributed by atoms with van der Waals surface area (Å²) < 4.78 is 45.7. The van der Waals surface area contributed by atoms with E-state index >= 15 is 0 Å². The number of hydrogen-bond acceptors (Lipinski definition) is 9. The van der Waals surface area contributed by atoms with Crippen molar-refractivity contribution in [2.45, 2.75) is 12.2 Å². The Hall–Kier alpha value is -3.95. The highest BCUT2D eigenvalue weighted by atomic mass is 16.7. The highest BCUT2D eigenvalue weighted by Crippen LogP contribution is 2.36. The van der Waals surface area contributed by atoms with E-state index in [0.29, 0.717) is 40.1 Å². The predicted molar refractivity (Wildman–Crippen MR) is 137 cm³/mol. The summed E-state index contributed by atoms with van der Waals surface area (Å²) in [5.74, 6) is 3.04. The molecule has 0 N–H and O–H groups in total. The largest absolute Gasteiger partial charge is 0.493 e. The van der Waals surface area contributed by atoms with Crippen LogP contribution in [-0.2, 0) is 9.47 Å². The molecule has 3 aromatic carbocycles. The quantitative estimate of drug-likeness (QED) is 0.212. The standard InChI is InChI=1S/C28H32O9/c1-30-18-36-28(20-11-13-22(32-3)26(15-20)34-5)27(37-24-9-7-6-8-21(24)31-2)17-35-23-12-10-19(16-29)14-25(23)33-4/h6-16,27-28H,17-18H2,1-5H3. The summed E-state index contributed by atoms with van der Waals surface area (Å²) in [7, 11) is 7.75.